The van der Waals surface area contributed by atoms with Crippen LogP contribution >= 0.6 is 12.2 Å². The smallest absolute Gasteiger partial charge is 0.325 e. The molecule has 0 spiro atoms. The zero-order valence-corrected chi connectivity index (χ0v) is 12.2. The molecule has 2 rings (SSSR count). The second-order valence-corrected chi connectivity index (χ2v) is 4.54. The fourth-order valence-corrected chi connectivity index (χ4v) is 2.02. The first kappa shape index (κ1) is 14.3. The molecule has 1 heterocycles. The van der Waals surface area contributed by atoms with E-state index >= 15 is 0 Å². The quantitative estimate of drug-likeness (QED) is 0.683. The molecule has 0 saturated carbocycles. The van der Waals surface area contributed by atoms with E-state index in [9.17, 15) is 4.79 Å². The highest BCUT2D eigenvalue weighted by atomic mass is 32.1. The van der Waals surface area contributed by atoms with Crippen LogP contribution in [0.1, 0.15) is 18.3 Å². The molecular formula is C14H15N3O2S. The lowest BCUT2D eigenvalue weighted by Crippen LogP contribution is -2.31. The molecular weight excluding hydrogens is 274 g/mol. The summed E-state index contributed by atoms with van der Waals surface area (Å²) in [5.41, 5.74) is 2.91. The fraction of sp³-hybridized carbons (Fsp3) is 0.286. The van der Waals surface area contributed by atoms with Gasteiger partial charge in [-0.2, -0.15) is 0 Å². The highest BCUT2D eigenvalue weighted by Crippen LogP contribution is 2.12. The summed E-state index contributed by atoms with van der Waals surface area (Å²) >= 11 is 5.25. The van der Waals surface area contributed by atoms with Crippen LogP contribution in [0.5, 0.6) is 0 Å². The Hall–Kier alpha value is -2.08. The predicted octanol–water partition coefficient (Wildman–Crippen LogP) is 1.77. The third-order valence-electron chi connectivity index (χ3n) is 2.66. The monoisotopic (exact) mass is 289 g/mol. The van der Waals surface area contributed by atoms with Gasteiger partial charge in [-0.15, -0.1) is 0 Å². The van der Waals surface area contributed by atoms with E-state index in [-0.39, 0.29) is 12.5 Å². The molecule has 0 aliphatic carbocycles. The summed E-state index contributed by atoms with van der Waals surface area (Å²) in [4.78, 5) is 20.6. The van der Waals surface area contributed by atoms with E-state index in [2.05, 4.69) is 15.3 Å². The van der Waals surface area contributed by atoms with Crippen LogP contribution in [0.25, 0.3) is 11.0 Å². The molecule has 0 aliphatic rings. The van der Waals surface area contributed by atoms with Crippen LogP contribution in [0.15, 0.2) is 24.3 Å². The lowest BCUT2D eigenvalue weighted by molar-refractivity contribution is -0.141. The van der Waals surface area contributed by atoms with E-state index in [4.69, 9.17) is 17.0 Å². The first-order chi connectivity index (χ1) is 9.61. The average molecular weight is 289 g/mol. The van der Waals surface area contributed by atoms with Gasteiger partial charge in [-0.05, 0) is 26.0 Å². The molecule has 2 aromatic rings. The Kier molecular flexibility index (Phi) is 4.57. The number of rotatable bonds is 4. The number of aryl methyl sites for hydroxylation is 1. The van der Waals surface area contributed by atoms with Gasteiger partial charge in [-0.25, -0.2) is 9.97 Å². The number of nitrogens with zero attached hydrogens (tertiary/aromatic N) is 2. The van der Waals surface area contributed by atoms with Crippen LogP contribution in [-0.4, -0.2) is 34.1 Å². The minimum absolute atomic E-state index is 0.0284. The maximum absolute atomic E-state index is 11.3. The van der Waals surface area contributed by atoms with Gasteiger partial charge in [-0.3, -0.25) is 4.79 Å². The second kappa shape index (κ2) is 6.38. The molecule has 0 saturated heterocycles. The summed E-state index contributed by atoms with van der Waals surface area (Å²) in [5, 5.41) is 2.84. The Morgan fingerprint density at radius 1 is 1.30 bits per heavy atom. The zero-order chi connectivity index (χ0) is 14.5. The van der Waals surface area contributed by atoms with Crippen LogP contribution in [-0.2, 0) is 9.53 Å². The minimum atomic E-state index is -0.346. The Morgan fingerprint density at radius 2 is 1.95 bits per heavy atom. The summed E-state index contributed by atoms with van der Waals surface area (Å²) < 4.78 is 4.83. The Labute approximate surface area is 122 Å². The number of hydrogen-bond acceptors (Lipinski definition) is 5. The number of thiocarbonyl (C=S) groups is 1. The number of hydrogen-bond donors (Lipinski definition) is 1. The number of ether oxygens (including phenoxy) is 1. The van der Waals surface area contributed by atoms with Crippen LogP contribution in [0, 0.1) is 6.92 Å². The van der Waals surface area contributed by atoms with Crippen LogP contribution < -0.4 is 5.32 Å². The van der Waals surface area contributed by atoms with Gasteiger partial charge in [0.25, 0.3) is 0 Å². The van der Waals surface area contributed by atoms with Gasteiger partial charge in [0.2, 0.25) is 0 Å². The van der Waals surface area contributed by atoms with E-state index in [1.54, 1.807) is 6.92 Å². The van der Waals surface area contributed by atoms with Crippen molar-refractivity contribution in [2.24, 2.45) is 0 Å². The van der Waals surface area contributed by atoms with Gasteiger partial charge in [0.1, 0.15) is 17.2 Å². The number of benzene rings is 1. The van der Waals surface area contributed by atoms with Gasteiger partial charge >= 0.3 is 5.97 Å². The summed E-state index contributed by atoms with van der Waals surface area (Å²) in [6.07, 6.45) is 0. The molecule has 0 amide bonds. The molecule has 104 valence electrons. The van der Waals surface area contributed by atoms with E-state index in [1.165, 1.54) is 0 Å². The number of esters is 1. The summed E-state index contributed by atoms with van der Waals surface area (Å²) in [5.74, 6) is -0.346. The Morgan fingerprint density at radius 3 is 2.60 bits per heavy atom. The maximum Gasteiger partial charge on any atom is 0.325 e. The largest absolute Gasteiger partial charge is 0.465 e. The second-order valence-electron chi connectivity index (χ2n) is 4.13. The molecule has 0 fully saturated rings. The lowest BCUT2D eigenvalue weighted by Gasteiger charge is -2.09. The Bertz CT molecular complexity index is 658. The van der Waals surface area contributed by atoms with E-state index < -0.39 is 0 Å². The van der Waals surface area contributed by atoms with Crippen LogP contribution in [0.2, 0.25) is 0 Å². The number of carbonyl (C=O) groups excluding carboxylic acids is 1. The van der Waals surface area contributed by atoms with Crippen molar-refractivity contribution in [1.82, 2.24) is 15.3 Å². The van der Waals surface area contributed by atoms with Crippen molar-refractivity contribution in [2.45, 2.75) is 13.8 Å². The van der Waals surface area contributed by atoms with Crippen molar-refractivity contribution in [3.05, 3.63) is 35.7 Å². The molecule has 0 radical (unpaired) electrons. The van der Waals surface area contributed by atoms with Crippen LogP contribution in [0.3, 0.4) is 0 Å². The first-order valence-electron chi connectivity index (χ1n) is 6.29. The average Bonchev–Trinajstić information content (AvgIpc) is 2.44. The molecule has 0 aliphatic heterocycles. The number of aromatic nitrogens is 2. The molecule has 5 nitrogen and oxygen atoms in total. The molecule has 20 heavy (non-hydrogen) atoms. The number of carbonyl (C=O) groups is 1. The molecule has 1 aromatic carbocycles. The highest BCUT2D eigenvalue weighted by molar-refractivity contribution is 7.80. The fourth-order valence-electron chi connectivity index (χ4n) is 1.75. The molecule has 6 heteroatoms. The summed E-state index contributed by atoms with van der Waals surface area (Å²) in [6, 6.07) is 7.58. The van der Waals surface area contributed by atoms with E-state index in [1.807, 2.05) is 31.2 Å². The summed E-state index contributed by atoms with van der Waals surface area (Å²) in [6.45, 7) is 3.98. The topological polar surface area (TPSA) is 64.1 Å². The normalized spacial score (nSPS) is 10.3. The van der Waals surface area contributed by atoms with Gasteiger partial charge in [-0.1, -0.05) is 24.4 Å². The van der Waals surface area contributed by atoms with Crippen molar-refractivity contribution in [3.8, 4) is 0 Å². The van der Waals surface area contributed by atoms with Gasteiger partial charge in [0.15, 0.2) is 0 Å². The van der Waals surface area contributed by atoms with E-state index in [0.717, 1.165) is 16.7 Å². The van der Waals surface area contributed by atoms with Crippen LogP contribution in [0.4, 0.5) is 0 Å². The van der Waals surface area contributed by atoms with E-state index in [0.29, 0.717) is 17.3 Å². The predicted molar refractivity (Wildman–Crippen MR) is 80.6 cm³/mol. The lowest BCUT2D eigenvalue weighted by atomic mass is 10.2. The molecule has 0 atom stereocenters. The summed E-state index contributed by atoms with van der Waals surface area (Å²) in [7, 11) is 0. The molecule has 1 N–H and O–H groups in total. The van der Waals surface area contributed by atoms with Gasteiger partial charge < -0.3 is 10.1 Å². The van der Waals surface area contributed by atoms with Crippen molar-refractivity contribution in [2.75, 3.05) is 13.2 Å². The highest BCUT2D eigenvalue weighted by Gasteiger charge is 2.11. The SMILES string of the molecule is CCOC(=O)CNC(=S)c1nc2ccccc2nc1C. The van der Waals surface area contributed by atoms with Crippen molar-refractivity contribution >= 4 is 34.2 Å². The third-order valence-corrected chi connectivity index (χ3v) is 3.00. The Balaban J connectivity index is 2.17. The minimum Gasteiger partial charge on any atom is -0.465 e. The zero-order valence-electron chi connectivity index (χ0n) is 11.3. The molecule has 0 bridgehead atoms. The van der Waals surface area contributed by atoms with Crippen molar-refractivity contribution < 1.29 is 9.53 Å². The van der Waals surface area contributed by atoms with Gasteiger partial charge in [0.05, 0.1) is 23.3 Å². The van der Waals surface area contributed by atoms with Crippen molar-refractivity contribution in [1.29, 1.82) is 0 Å². The molecule has 1 aromatic heterocycles. The first-order valence-corrected chi connectivity index (χ1v) is 6.70. The number of para-hydroxylation sites is 2. The third kappa shape index (κ3) is 3.27. The van der Waals surface area contributed by atoms with Crippen molar-refractivity contribution in [3.63, 3.8) is 0 Å². The number of nitrogens with one attached hydrogen (secondary N) is 1. The standard InChI is InChI=1S/C14H15N3O2S/c1-3-19-12(18)8-15-14(20)13-9(2)16-10-6-4-5-7-11(10)17-13/h4-7H,3,8H2,1-2H3,(H,15,20). The maximum atomic E-state index is 11.3. The number of fused-ring (bicyclic) bond motifs is 1. The van der Waals surface area contributed by atoms with Gasteiger partial charge in [0, 0.05) is 0 Å². The molecule has 0 unspecified atom stereocenters.